The minimum Gasteiger partial charge on any atom is -0.357 e. The van der Waals surface area contributed by atoms with Gasteiger partial charge in [0.25, 0.3) is 0 Å². The van der Waals surface area contributed by atoms with E-state index < -0.39 is 0 Å². The monoisotopic (exact) mass is 385 g/mol. The predicted octanol–water partition coefficient (Wildman–Crippen LogP) is 2.83. The van der Waals surface area contributed by atoms with Gasteiger partial charge in [-0.15, -0.1) is 11.3 Å². The third-order valence-electron chi connectivity index (χ3n) is 4.48. The smallest absolute Gasteiger partial charge is 0.222 e. The van der Waals surface area contributed by atoms with Crippen LogP contribution in [0.3, 0.4) is 0 Å². The summed E-state index contributed by atoms with van der Waals surface area (Å²) in [6, 6.07) is 8.23. The van der Waals surface area contributed by atoms with Gasteiger partial charge < -0.3 is 15.5 Å². The summed E-state index contributed by atoms with van der Waals surface area (Å²) in [4.78, 5) is 24.2. The summed E-state index contributed by atoms with van der Waals surface area (Å²) in [6.07, 6.45) is 3.52. The van der Waals surface area contributed by atoms with Gasteiger partial charge in [0.15, 0.2) is 5.96 Å². The summed E-state index contributed by atoms with van der Waals surface area (Å²) in [5, 5.41) is 7.67. The Morgan fingerprint density at radius 3 is 2.78 bits per heavy atom. The number of likely N-dealkylation sites (tertiary alicyclic amines) is 1. The molecule has 2 N–H and O–H groups in total. The summed E-state index contributed by atoms with van der Waals surface area (Å²) in [5.74, 6) is 1.03. The average molecular weight is 386 g/mol. The Balaban J connectivity index is 1.65. The molecule has 2 aromatic rings. The molecule has 0 bridgehead atoms. The lowest BCUT2D eigenvalue weighted by molar-refractivity contribution is -0.128. The third-order valence-corrected chi connectivity index (χ3v) is 5.39. The highest BCUT2D eigenvalue weighted by Gasteiger charge is 2.20. The van der Waals surface area contributed by atoms with Gasteiger partial charge in [0.2, 0.25) is 5.91 Å². The van der Waals surface area contributed by atoms with E-state index in [-0.39, 0.29) is 5.91 Å². The number of hydrogen-bond acceptors (Lipinski definition) is 4. The number of thiazole rings is 1. The van der Waals surface area contributed by atoms with Gasteiger partial charge in [-0.1, -0.05) is 24.3 Å². The molecule has 0 spiro atoms. The maximum absolute atomic E-state index is 11.9. The zero-order valence-corrected chi connectivity index (χ0v) is 16.8. The molecular weight excluding hydrogens is 358 g/mol. The second-order valence-corrected chi connectivity index (χ2v) is 7.92. The number of rotatable bonds is 7. The van der Waals surface area contributed by atoms with Crippen molar-refractivity contribution < 1.29 is 4.79 Å². The van der Waals surface area contributed by atoms with Crippen molar-refractivity contribution >= 4 is 23.2 Å². The van der Waals surface area contributed by atoms with Crippen molar-refractivity contribution in [3.63, 3.8) is 0 Å². The molecule has 6 nitrogen and oxygen atoms in total. The molecule has 7 heteroatoms. The molecule has 1 aliphatic heterocycles. The minimum absolute atomic E-state index is 0.252. The minimum atomic E-state index is 0.252. The summed E-state index contributed by atoms with van der Waals surface area (Å²) in [7, 11) is 0. The molecule has 1 amide bonds. The van der Waals surface area contributed by atoms with Crippen molar-refractivity contribution in [3.8, 4) is 0 Å². The molecule has 0 aliphatic carbocycles. The van der Waals surface area contributed by atoms with E-state index in [2.05, 4.69) is 41.6 Å². The molecule has 1 saturated heterocycles. The zero-order valence-electron chi connectivity index (χ0n) is 16.0. The van der Waals surface area contributed by atoms with Crippen LogP contribution < -0.4 is 10.6 Å². The van der Waals surface area contributed by atoms with Gasteiger partial charge in [0.1, 0.15) is 5.01 Å². The van der Waals surface area contributed by atoms with Gasteiger partial charge in [0, 0.05) is 37.1 Å². The topological polar surface area (TPSA) is 69.6 Å². The lowest BCUT2D eigenvalue weighted by atomic mass is 10.1. The van der Waals surface area contributed by atoms with Gasteiger partial charge >= 0.3 is 0 Å². The number of hydrogen-bond donors (Lipinski definition) is 2. The predicted molar refractivity (Wildman–Crippen MR) is 110 cm³/mol. The first-order chi connectivity index (χ1) is 13.2. The number of benzene rings is 1. The number of aliphatic imine (C=N–C) groups is 1. The number of guanidine groups is 1. The molecule has 144 valence electrons. The Morgan fingerprint density at radius 1 is 1.30 bits per heavy atom. The lowest BCUT2D eigenvalue weighted by Crippen LogP contribution is -2.36. The van der Waals surface area contributed by atoms with E-state index in [0.717, 1.165) is 36.0 Å². The second kappa shape index (κ2) is 9.50. The van der Waals surface area contributed by atoms with Crippen molar-refractivity contribution in [1.29, 1.82) is 0 Å². The first kappa shape index (κ1) is 19.4. The summed E-state index contributed by atoms with van der Waals surface area (Å²) < 4.78 is 0. The Kier molecular flexibility index (Phi) is 6.81. The van der Waals surface area contributed by atoms with E-state index in [0.29, 0.717) is 26.1 Å². The maximum atomic E-state index is 11.9. The van der Waals surface area contributed by atoms with Crippen molar-refractivity contribution in [2.24, 2.45) is 4.99 Å². The average Bonchev–Trinajstić information content (AvgIpc) is 3.27. The van der Waals surface area contributed by atoms with E-state index in [4.69, 9.17) is 4.99 Å². The van der Waals surface area contributed by atoms with Crippen LogP contribution in [0.25, 0.3) is 0 Å². The quantitative estimate of drug-likeness (QED) is 0.568. The SMILES string of the molecule is CCNC(=NCc1ccccc1CN1CCCC1=O)NCc1ncc(C)s1. The van der Waals surface area contributed by atoms with E-state index >= 15 is 0 Å². The van der Waals surface area contributed by atoms with Gasteiger partial charge in [-0.05, 0) is 31.4 Å². The molecule has 0 saturated carbocycles. The highest BCUT2D eigenvalue weighted by molar-refractivity contribution is 7.11. The fraction of sp³-hybridized carbons (Fsp3) is 0.450. The number of amides is 1. The van der Waals surface area contributed by atoms with Crippen LogP contribution in [0.15, 0.2) is 35.5 Å². The molecule has 1 fully saturated rings. The van der Waals surface area contributed by atoms with Gasteiger partial charge in [-0.25, -0.2) is 9.98 Å². The zero-order chi connectivity index (χ0) is 19.1. The molecule has 2 heterocycles. The normalized spacial score (nSPS) is 14.7. The van der Waals surface area contributed by atoms with Crippen LogP contribution in [-0.4, -0.2) is 34.8 Å². The van der Waals surface area contributed by atoms with Gasteiger partial charge in [0.05, 0.1) is 13.1 Å². The summed E-state index contributed by atoms with van der Waals surface area (Å²) in [6.45, 7) is 7.67. The second-order valence-electron chi connectivity index (χ2n) is 6.60. The summed E-state index contributed by atoms with van der Waals surface area (Å²) in [5.41, 5.74) is 2.32. The van der Waals surface area contributed by atoms with Crippen LogP contribution in [0.1, 0.15) is 40.8 Å². The van der Waals surface area contributed by atoms with Crippen molar-refractivity contribution in [2.75, 3.05) is 13.1 Å². The van der Waals surface area contributed by atoms with Crippen LogP contribution in [0.2, 0.25) is 0 Å². The molecule has 27 heavy (non-hydrogen) atoms. The molecule has 1 aliphatic rings. The molecule has 0 atom stereocenters. The van der Waals surface area contributed by atoms with Crippen molar-refractivity contribution in [2.45, 2.75) is 46.3 Å². The van der Waals surface area contributed by atoms with E-state index in [1.165, 1.54) is 10.4 Å². The molecule has 1 aromatic heterocycles. The third kappa shape index (κ3) is 5.53. The molecule has 0 radical (unpaired) electrons. The van der Waals surface area contributed by atoms with Crippen LogP contribution in [-0.2, 0) is 24.4 Å². The number of nitrogens with one attached hydrogen (secondary N) is 2. The largest absolute Gasteiger partial charge is 0.357 e. The standard InChI is InChI=1S/C20H27N5OS/c1-3-21-20(24-13-18-22-11-15(2)27-18)23-12-16-7-4-5-8-17(16)14-25-10-6-9-19(25)26/h4-5,7-8,11H,3,6,9-10,12-14H2,1-2H3,(H2,21,23,24). The Morgan fingerprint density at radius 2 is 2.11 bits per heavy atom. The Bertz CT molecular complexity index is 801. The van der Waals surface area contributed by atoms with Crippen LogP contribution in [0.5, 0.6) is 0 Å². The van der Waals surface area contributed by atoms with E-state index in [1.54, 1.807) is 11.3 Å². The fourth-order valence-electron chi connectivity index (χ4n) is 3.09. The van der Waals surface area contributed by atoms with Gasteiger partial charge in [-0.3, -0.25) is 4.79 Å². The number of aryl methyl sites for hydroxylation is 1. The maximum Gasteiger partial charge on any atom is 0.222 e. The van der Waals surface area contributed by atoms with E-state index in [1.807, 2.05) is 23.2 Å². The molecular formula is C20H27N5OS. The number of carbonyl (C=O) groups excluding carboxylic acids is 1. The Labute approximate surface area is 164 Å². The van der Waals surface area contributed by atoms with E-state index in [9.17, 15) is 4.79 Å². The first-order valence-electron chi connectivity index (χ1n) is 9.43. The first-order valence-corrected chi connectivity index (χ1v) is 10.3. The van der Waals surface area contributed by atoms with Crippen molar-refractivity contribution in [3.05, 3.63) is 51.5 Å². The highest BCUT2D eigenvalue weighted by atomic mass is 32.1. The van der Waals surface area contributed by atoms with Crippen LogP contribution >= 0.6 is 11.3 Å². The lowest BCUT2D eigenvalue weighted by Gasteiger charge is -2.18. The highest BCUT2D eigenvalue weighted by Crippen LogP contribution is 2.18. The van der Waals surface area contributed by atoms with Crippen LogP contribution in [0.4, 0.5) is 0 Å². The van der Waals surface area contributed by atoms with Crippen molar-refractivity contribution in [1.82, 2.24) is 20.5 Å². The Hall–Kier alpha value is -2.41. The summed E-state index contributed by atoms with van der Waals surface area (Å²) >= 11 is 1.69. The fourth-order valence-corrected chi connectivity index (χ4v) is 3.82. The number of aromatic nitrogens is 1. The molecule has 1 aromatic carbocycles. The molecule has 0 unspecified atom stereocenters. The molecule has 3 rings (SSSR count). The number of nitrogens with zero attached hydrogens (tertiary/aromatic N) is 3. The number of carbonyl (C=O) groups is 1. The van der Waals surface area contributed by atoms with Gasteiger partial charge in [-0.2, -0.15) is 0 Å². The van der Waals surface area contributed by atoms with Crippen LogP contribution in [0, 0.1) is 6.92 Å².